The van der Waals surface area contributed by atoms with E-state index >= 15 is 0 Å². The fourth-order valence-electron chi connectivity index (χ4n) is 2.63. The number of ether oxygens (including phenoxy) is 1. The predicted octanol–water partition coefficient (Wildman–Crippen LogP) is 2.16. The molecule has 1 N–H and O–H groups in total. The minimum atomic E-state index is -3.43. The van der Waals surface area contributed by atoms with Crippen LogP contribution in [0.1, 0.15) is 20.3 Å². The van der Waals surface area contributed by atoms with E-state index in [-0.39, 0.29) is 6.10 Å². The molecule has 0 radical (unpaired) electrons. The zero-order valence-corrected chi connectivity index (χ0v) is 13.7. The highest BCUT2D eigenvalue weighted by molar-refractivity contribution is 7.89. The van der Waals surface area contributed by atoms with Gasteiger partial charge in [-0.2, -0.15) is 4.31 Å². The van der Waals surface area contributed by atoms with Gasteiger partial charge in [-0.3, -0.25) is 0 Å². The molecular weight excluding hydrogens is 288 g/mol. The van der Waals surface area contributed by atoms with E-state index in [0.717, 1.165) is 18.7 Å². The molecule has 1 heterocycles. The molecule has 1 fully saturated rings. The van der Waals surface area contributed by atoms with Crippen LogP contribution in [0, 0.1) is 5.92 Å². The molecule has 2 rings (SSSR count). The maximum atomic E-state index is 12.7. The Morgan fingerprint density at radius 1 is 1.33 bits per heavy atom. The first-order valence-corrected chi connectivity index (χ1v) is 8.80. The number of nitrogens with zero attached hydrogens (tertiary/aromatic N) is 1. The third-order valence-electron chi connectivity index (χ3n) is 4.03. The molecule has 6 heteroatoms. The van der Waals surface area contributed by atoms with Gasteiger partial charge in [-0.25, -0.2) is 8.42 Å². The second kappa shape index (κ2) is 6.77. The molecule has 1 aromatic carbocycles. The third-order valence-corrected chi connectivity index (χ3v) is 5.91. The second-order valence-corrected chi connectivity index (χ2v) is 7.40. The lowest BCUT2D eigenvalue weighted by atomic mass is 9.97. The molecule has 1 aliphatic rings. The largest absolute Gasteiger partial charge is 0.385 e. The molecule has 0 aromatic heterocycles. The van der Waals surface area contributed by atoms with Crippen molar-refractivity contribution in [1.29, 1.82) is 0 Å². The van der Waals surface area contributed by atoms with Gasteiger partial charge in [-0.05, 0) is 43.5 Å². The highest BCUT2D eigenvalue weighted by Crippen LogP contribution is 2.25. The lowest BCUT2D eigenvalue weighted by molar-refractivity contribution is 0.0184. The summed E-state index contributed by atoms with van der Waals surface area (Å²) in [5, 5.41) is 3.16. The Hall–Kier alpha value is -1.11. The maximum absolute atomic E-state index is 12.7. The van der Waals surface area contributed by atoms with Gasteiger partial charge in [-0.15, -0.1) is 0 Å². The van der Waals surface area contributed by atoms with E-state index in [9.17, 15) is 8.42 Å². The number of hydrogen-bond acceptors (Lipinski definition) is 4. The van der Waals surface area contributed by atoms with Crippen molar-refractivity contribution in [1.82, 2.24) is 4.31 Å². The number of rotatable bonds is 5. The van der Waals surface area contributed by atoms with Crippen molar-refractivity contribution >= 4 is 15.7 Å². The molecule has 2 atom stereocenters. The Balaban J connectivity index is 2.17. The summed E-state index contributed by atoms with van der Waals surface area (Å²) in [6.07, 6.45) is 0.794. The summed E-state index contributed by atoms with van der Waals surface area (Å²) in [5.74, 6) is 0.387. The van der Waals surface area contributed by atoms with Crippen LogP contribution in [0.3, 0.4) is 0 Å². The van der Waals surface area contributed by atoms with Crippen LogP contribution in [0.15, 0.2) is 29.2 Å². The summed E-state index contributed by atoms with van der Waals surface area (Å²) >= 11 is 0. The molecule has 21 heavy (non-hydrogen) atoms. The number of anilines is 1. The molecule has 0 amide bonds. The zero-order valence-electron chi connectivity index (χ0n) is 12.9. The molecule has 0 bridgehead atoms. The quantitative estimate of drug-likeness (QED) is 0.905. The highest BCUT2D eigenvalue weighted by atomic mass is 32.2. The minimum Gasteiger partial charge on any atom is -0.385 e. The lowest BCUT2D eigenvalue weighted by Gasteiger charge is -2.35. The molecule has 0 spiro atoms. The number of piperidine rings is 1. The SMILES string of the molecule is CCNc1ccc(S(=O)(=O)N2CCC(C)C(OC)C2)cc1. The van der Waals surface area contributed by atoms with Crippen molar-refractivity contribution in [2.45, 2.75) is 31.3 Å². The topological polar surface area (TPSA) is 58.6 Å². The van der Waals surface area contributed by atoms with Crippen LogP contribution in [0.5, 0.6) is 0 Å². The molecule has 2 unspecified atom stereocenters. The summed E-state index contributed by atoms with van der Waals surface area (Å²) in [6.45, 7) is 5.90. The minimum absolute atomic E-state index is 0.0328. The predicted molar refractivity (Wildman–Crippen MR) is 83.9 cm³/mol. The van der Waals surface area contributed by atoms with E-state index < -0.39 is 10.0 Å². The second-order valence-electron chi connectivity index (χ2n) is 5.46. The van der Waals surface area contributed by atoms with Crippen molar-refractivity contribution in [2.75, 3.05) is 32.1 Å². The first-order valence-electron chi connectivity index (χ1n) is 7.36. The van der Waals surface area contributed by atoms with Gasteiger partial charge in [0, 0.05) is 32.4 Å². The summed E-state index contributed by atoms with van der Waals surface area (Å²) in [7, 11) is -1.79. The van der Waals surface area contributed by atoms with Crippen LogP contribution in [-0.4, -0.2) is 45.6 Å². The molecule has 118 valence electrons. The van der Waals surface area contributed by atoms with Gasteiger partial charge in [0.1, 0.15) is 0 Å². The number of sulfonamides is 1. The van der Waals surface area contributed by atoms with Crippen LogP contribution in [0.4, 0.5) is 5.69 Å². The average Bonchev–Trinajstić information content (AvgIpc) is 2.48. The molecule has 5 nitrogen and oxygen atoms in total. The van der Waals surface area contributed by atoms with Gasteiger partial charge in [0.05, 0.1) is 11.0 Å². The van der Waals surface area contributed by atoms with E-state index in [1.807, 2.05) is 6.92 Å². The summed E-state index contributed by atoms with van der Waals surface area (Å²) < 4.78 is 32.3. The Bertz CT molecular complexity index is 557. The molecule has 1 aliphatic heterocycles. The first kappa shape index (κ1) is 16.3. The fraction of sp³-hybridized carbons (Fsp3) is 0.600. The van der Waals surface area contributed by atoms with Gasteiger partial charge < -0.3 is 10.1 Å². The standard InChI is InChI=1S/C15H24N2O3S/c1-4-16-13-5-7-14(8-6-13)21(18,19)17-10-9-12(2)15(11-17)20-3/h5-8,12,15-16H,4,9-11H2,1-3H3. The number of methoxy groups -OCH3 is 1. The van der Waals surface area contributed by atoms with Gasteiger partial charge in [0.25, 0.3) is 0 Å². The van der Waals surface area contributed by atoms with Crippen LogP contribution >= 0.6 is 0 Å². The summed E-state index contributed by atoms with van der Waals surface area (Å²) in [6, 6.07) is 6.92. The van der Waals surface area contributed by atoms with Gasteiger partial charge in [-0.1, -0.05) is 6.92 Å². The third kappa shape index (κ3) is 3.56. The molecule has 1 saturated heterocycles. The van der Waals surface area contributed by atoms with Crippen LogP contribution in [0.25, 0.3) is 0 Å². The van der Waals surface area contributed by atoms with Crippen molar-refractivity contribution in [3.8, 4) is 0 Å². The van der Waals surface area contributed by atoms with Gasteiger partial charge in [0.15, 0.2) is 0 Å². The maximum Gasteiger partial charge on any atom is 0.243 e. The molecule has 1 aromatic rings. The number of nitrogens with one attached hydrogen (secondary N) is 1. The van der Waals surface area contributed by atoms with Crippen molar-refractivity contribution in [3.05, 3.63) is 24.3 Å². The smallest absolute Gasteiger partial charge is 0.243 e. The van der Waals surface area contributed by atoms with E-state index in [0.29, 0.717) is 23.9 Å². The number of benzene rings is 1. The van der Waals surface area contributed by atoms with Crippen molar-refractivity contribution < 1.29 is 13.2 Å². The average molecular weight is 312 g/mol. The number of hydrogen-bond donors (Lipinski definition) is 1. The summed E-state index contributed by atoms with van der Waals surface area (Å²) in [4.78, 5) is 0.341. The van der Waals surface area contributed by atoms with E-state index in [1.54, 1.807) is 31.4 Å². The van der Waals surface area contributed by atoms with Gasteiger partial charge >= 0.3 is 0 Å². The van der Waals surface area contributed by atoms with Crippen LogP contribution < -0.4 is 5.32 Å². The van der Waals surface area contributed by atoms with E-state index in [4.69, 9.17) is 4.74 Å². The summed E-state index contributed by atoms with van der Waals surface area (Å²) in [5.41, 5.74) is 0.929. The van der Waals surface area contributed by atoms with Crippen LogP contribution in [0.2, 0.25) is 0 Å². The zero-order chi connectivity index (χ0) is 15.5. The van der Waals surface area contributed by atoms with Gasteiger partial charge in [0.2, 0.25) is 10.0 Å². The monoisotopic (exact) mass is 312 g/mol. The first-order chi connectivity index (χ1) is 9.98. The van der Waals surface area contributed by atoms with Crippen molar-refractivity contribution in [3.63, 3.8) is 0 Å². The Labute approximate surface area is 127 Å². The normalized spacial score (nSPS) is 24.0. The molecular formula is C15H24N2O3S. The Morgan fingerprint density at radius 2 is 2.00 bits per heavy atom. The van der Waals surface area contributed by atoms with E-state index in [2.05, 4.69) is 12.2 Å². The fourth-order valence-corrected chi connectivity index (χ4v) is 4.10. The van der Waals surface area contributed by atoms with Crippen LogP contribution in [-0.2, 0) is 14.8 Å². The Kier molecular flexibility index (Phi) is 5.24. The highest BCUT2D eigenvalue weighted by Gasteiger charge is 2.33. The van der Waals surface area contributed by atoms with E-state index in [1.165, 1.54) is 4.31 Å². The molecule has 0 aliphatic carbocycles. The molecule has 0 saturated carbocycles. The Morgan fingerprint density at radius 3 is 2.57 bits per heavy atom. The van der Waals surface area contributed by atoms with Crippen molar-refractivity contribution in [2.24, 2.45) is 5.92 Å². The lowest BCUT2D eigenvalue weighted by Crippen LogP contribution is -2.46.